The zero-order valence-corrected chi connectivity index (χ0v) is 19.9. The first-order valence-corrected chi connectivity index (χ1v) is 11.6. The van der Waals surface area contributed by atoms with E-state index in [2.05, 4.69) is 41.1 Å². The standard InChI is InChI=1S/C25H25IN4O/c1-3-4-17-11-20(15-28-14-17)18-5-6-19-13-24(9-7-21(31-26)8-10-24)25(22(19)12-18)29-16(2)23(27)30-25/h5-6,11-12,14-15,21H,7-10,13H2,1-2H3,(H2,27,30)/t21?,24?,25-/m0/s1. The number of fused-ring (bicyclic) bond motifs is 3. The van der Waals surface area contributed by atoms with E-state index in [4.69, 9.17) is 18.8 Å². The van der Waals surface area contributed by atoms with E-state index >= 15 is 0 Å². The lowest BCUT2D eigenvalue weighted by atomic mass is 9.65. The lowest BCUT2D eigenvalue weighted by molar-refractivity contribution is 0.0495. The van der Waals surface area contributed by atoms with Crippen LogP contribution in [0.15, 0.2) is 46.6 Å². The number of rotatable bonds is 2. The van der Waals surface area contributed by atoms with E-state index in [9.17, 15) is 0 Å². The smallest absolute Gasteiger partial charge is 0.184 e. The quantitative estimate of drug-likeness (QED) is 0.446. The molecule has 0 saturated heterocycles. The maximum atomic E-state index is 6.30. The molecule has 5 nitrogen and oxygen atoms in total. The summed E-state index contributed by atoms with van der Waals surface area (Å²) in [5, 5.41) is 0. The molecule has 2 aromatic rings. The summed E-state index contributed by atoms with van der Waals surface area (Å²) in [7, 11) is 0. The Balaban J connectivity index is 1.63. The van der Waals surface area contributed by atoms with E-state index < -0.39 is 5.66 Å². The number of aromatic nitrogens is 1. The van der Waals surface area contributed by atoms with E-state index in [1.807, 2.05) is 43.1 Å². The Bertz CT molecular complexity index is 1150. The molecule has 2 aliphatic carbocycles. The van der Waals surface area contributed by atoms with Crippen LogP contribution in [0.25, 0.3) is 11.1 Å². The van der Waals surface area contributed by atoms with Crippen molar-refractivity contribution in [1.82, 2.24) is 4.98 Å². The lowest BCUT2D eigenvalue weighted by Crippen LogP contribution is -2.43. The van der Waals surface area contributed by atoms with Gasteiger partial charge < -0.3 is 8.80 Å². The molecule has 2 N–H and O–H groups in total. The molecule has 2 spiro atoms. The van der Waals surface area contributed by atoms with Crippen LogP contribution in [-0.4, -0.2) is 22.6 Å². The second-order valence-electron chi connectivity index (χ2n) is 8.82. The van der Waals surface area contributed by atoms with Gasteiger partial charge in [-0.25, -0.2) is 4.99 Å². The van der Waals surface area contributed by atoms with Crippen LogP contribution in [0.5, 0.6) is 0 Å². The Morgan fingerprint density at radius 1 is 1.13 bits per heavy atom. The van der Waals surface area contributed by atoms with E-state index in [1.54, 1.807) is 6.20 Å². The number of pyridine rings is 1. The normalized spacial score (nSPS) is 28.8. The van der Waals surface area contributed by atoms with Crippen molar-refractivity contribution in [3.8, 4) is 23.0 Å². The largest absolute Gasteiger partial charge is 0.382 e. The summed E-state index contributed by atoms with van der Waals surface area (Å²) in [5.74, 6) is 6.61. The van der Waals surface area contributed by atoms with E-state index in [1.165, 1.54) is 11.1 Å². The lowest BCUT2D eigenvalue weighted by Gasteiger charge is -2.44. The van der Waals surface area contributed by atoms with Gasteiger partial charge in [0.15, 0.2) is 5.66 Å². The van der Waals surface area contributed by atoms with Gasteiger partial charge in [0.05, 0.1) is 11.8 Å². The van der Waals surface area contributed by atoms with Crippen molar-refractivity contribution >= 4 is 34.6 Å². The molecule has 31 heavy (non-hydrogen) atoms. The highest BCUT2D eigenvalue weighted by Gasteiger charge is 2.60. The zero-order chi connectivity index (χ0) is 21.6. The molecular formula is C25H25IN4O. The Morgan fingerprint density at radius 3 is 2.61 bits per heavy atom. The molecule has 1 fully saturated rings. The summed E-state index contributed by atoms with van der Waals surface area (Å²) < 4.78 is 5.63. The number of benzene rings is 1. The second-order valence-corrected chi connectivity index (χ2v) is 9.33. The summed E-state index contributed by atoms with van der Waals surface area (Å²) in [4.78, 5) is 14.6. The summed E-state index contributed by atoms with van der Waals surface area (Å²) in [5.41, 5.74) is 12.1. The molecule has 1 aromatic heterocycles. The summed E-state index contributed by atoms with van der Waals surface area (Å²) in [6.45, 7) is 3.81. The fraction of sp³-hybridized carbons (Fsp3) is 0.400. The van der Waals surface area contributed by atoms with Gasteiger partial charge in [-0.15, -0.1) is 5.92 Å². The second kappa shape index (κ2) is 7.72. The highest BCUT2D eigenvalue weighted by molar-refractivity contribution is 14.1. The fourth-order valence-corrected chi connectivity index (χ4v) is 6.02. The van der Waals surface area contributed by atoms with Gasteiger partial charge in [0, 0.05) is 34.5 Å². The van der Waals surface area contributed by atoms with E-state index in [0.29, 0.717) is 11.9 Å². The van der Waals surface area contributed by atoms with Crippen molar-refractivity contribution in [3.05, 3.63) is 53.3 Å². The first-order valence-electron chi connectivity index (χ1n) is 10.7. The number of halogens is 1. The third kappa shape index (κ3) is 3.21. The average Bonchev–Trinajstić information content (AvgIpc) is 3.22. The fourth-order valence-electron chi connectivity index (χ4n) is 5.51. The average molecular weight is 524 g/mol. The third-order valence-corrected chi connectivity index (χ3v) is 7.81. The van der Waals surface area contributed by atoms with Gasteiger partial charge in [-0.05, 0) is 69.2 Å². The van der Waals surface area contributed by atoms with Crippen molar-refractivity contribution < 1.29 is 3.07 Å². The van der Waals surface area contributed by atoms with Crippen LogP contribution in [0.1, 0.15) is 56.2 Å². The molecule has 3 aliphatic rings. The number of nitrogens with zero attached hydrogens (tertiary/aromatic N) is 3. The topological polar surface area (TPSA) is 72.9 Å². The molecule has 1 saturated carbocycles. The van der Waals surface area contributed by atoms with Gasteiger partial charge in [-0.1, -0.05) is 18.1 Å². The zero-order valence-electron chi connectivity index (χ0n) is 17.8. The maximum Gasteiger partial charge on any atom is 0.184 e. The van der Waals surface area contributed by atoms with Crippen molar-refractivity contribution in [1.29, 1.82) is 0 Å². The third-order valence-electron chi connectivity index (χ3n) is 7.09. The molecule has 0 bridgehead atoms. The van der Waals surface area contributed by atoms with E-state index in [0.717, 1.165) is 54.5 Å². The Hall–Kier alpha value is -2.24. The minimum atomic E-state index is -0.628. The first kappa shape index (κ1) is 20.7. The Labute approximate surface area is 197 Å². The number of hydrogen-bond acceptors (Lipinski definition) is 5. The summed E-state index contributed by atoms with van der Waals surface area (Å²) in [6, 6.07) is 8.77. The number of amidine groups is 1. The van der Waals surface area contributed by atoms with Gasteiger partial charge >= 0.3 is 0 Å². The van der Waals surface area contributed by atoms with Gasteiger partial charge in [-0.3, -0.25) is 9.98 Å². The van der Waals surface area contributed by atoms with Crippen molar-refractivity contribution in [2.45, 2.75) is 57.7 Å². The Kier molecular flexibility index (Phi) is 5.14. The molecule has 2 heterocycles. The maximum absolute atomic E-state index is 6.30. The number of aliphatic imine (C=N–C) groups is 2. The summed E-state index contributed by atoms with van der Waals surface area (Å²) in [6.07, 6.45) is 9.08. The minimum Gasteiger partial charge on any atom is -0.382 e. The van der Waals surface area contributed by atoms with Gasteiger partial charge in [0.1, 0.15) is 28.8 Å². The molecule has 0 amide bonds. The van der Waals surface area contributed by atoms with Crippen LogP contribution in [0.3, 0.4) is 0 Å². The van der Waals surface area contributed by atoms with Crippen LogP contribution >= 0.6 is 23.0 Å². The van der Waals surface area contributed by atoms with Crippen LogP contribution in [-0.2, 0) is 15.1 Å². The monoisotopic (exact) mass is 524 g/mol. The predicted molar refractivity (Wildman–Crippen MR) is 132 cm³/mol. The van der Waals surface area contributed by atoms with Crippen LogP contribution in [0, 0.1) is 17.3 Å². The van der Waals surface area contributed by atoms with Crippen molar-refractivity contribution in [2.75, 3.05) is 0 Å². The number of nitrogens with two attached hydrogens (primary N) is 1. The van der Waals surface area contributed by atoms with Crippen molar-refractivity contribution in [3.63, 3.8) is 0 Å². The van der Waals surface area contributed by atoms with Crippen molar-refractivity contribution in [2.24, 2.45) is 21.1 Å². The molecule has 1 aliphatic heterocycles. The van der Waals surface area contributed by atoms with Crippen LogP contribution in [0.2, 0.25) is 0 Å². The van der Waals surface area contributed by atoms with Gasteiger partial charge in [-0.2, -0.15) is 0 Å². The molecule has 6 heteroatoms. The summed E-state index contributed by atoms with van der Waals surface area (Å²) >= 11 is 2.03. The van der Waals surface area contributed by atoms with E-state index in [-0.39, 0.29) is 5.41 Å². The SMILES string of the molecule is CC#Cc1cncc(-c2ccc3c(c2)[C@@]2(N=C(C)C(N)=N2)C2(CCC(OI)CC2)C3)c1. The number of hydrogen-bond donors (Lipinski definition) is 1. The molecule has 0 radical (unpaired) electrons. The highest BCUT2D eigenvalue weighted by atomic mass is 127. The molecule has 158 valence electrons. The highest BCUT2D eigenvalue weighted by Crippen LogP contribution is 2.62. The van der Waals surface area contributed by atoms with Gasteiger partial charge in [0.25, 0.3) is 0 Å². The van der Waals surface area contributed by atoms with Crippen LogP contribution < -0.4 is 5.73 Å². The molecular weight excluding hydrogens is 499 g/mol. The minimum absolute atomic E-state index is 0.0458. The molecule has 5 rings (SSSR count). The predicted octanol–water partition coefficient (Wildman–Crippen LogP) is 4.96. The molecule has 0 unspecified atom stereocenters. The van der Waals surface area contributed by atoms with Gasteiger partial charge in [0.2, 0.25) is 0 Å². The Morgan fingerprint density at radius 2 is 1.94 bits per heavy atom. The molecule has 1 atom stereocenters. The first-order chi connectivity index (χ1) is 15.0. The van der Waals surface area contributed by atoms with Crippen LogP contribution in [0.4, 0.5) is 0 Å². The molecule has 1 aromatic carbocycles.